The van der Waals surface area contributed by atoms with Crippen molar-refractivity contribution in [3.63, 3.8) is 0 Å². The molecule has 172 valence electrons. The summed E-state index contributed by atoms with van der Waals surface area (Å²) in [7, 11) is 0. The fourth-order valence-corrected chi connectivity index (χ4v) is 4.64. The highest BCUT2D eigenvalue weighted by Crippen LogP contribution is 2.37. The van der Waals surface area contributed by atoms with Gasteiger partial charge >= 0.3 is 6.18 Å². The molecule has 2 saturated heterocycles. The van der Waals surface area contributed by atoms with E-state index in [0.717, 1.165) is 31.7 Å². The van der Waals surface area contributed by atoms with Crippen LogP contribution in [0.4, 0.5) is 19.1 Å². The van der Waals surface area contributed by atoms with Gasteiger partial charge in [0.2, 0.25) is 5.95 Å². The number of anilines is 1. The molecule has 1 amide bonds. The third-order valence-electron chi connectivity index (χ3n) is 6.18. The number of fused-ring (bicyclic) bond motifs is 3. The first-order valence-electron chi connectivity index (χ1n) is 10.6. The van der Waals surface area contributed by atoms with Gasteiger partial charge in [-0.05, 0) is 44.2 Å². The average molecular weight is 458 g/mol. The molecule has 3 fully saturated rings. The summed E-state index contributed by atoms with van der Waals surface area (Å²) in [6.07, 6.45) is 2.63. The van der Waals surface area contributed by atoms with Gasteiger partial charge in [0.25, 0.3) is 5.91 Å². The molecule has 12 heteroatoms. The minimum absolute atomic E-state index is 0.114. The van der Waals surface area contributed by atoms with Gasteiger partial charge in [0.1, 0.15) is 5.69 Å². The summed E-state index contributed by atoms with van der Waals surface area (Å²) in [6.45, 7) is 2.41. The van der Waals surface area contributed by atoms with E-state index in [1.54, 1.807) is 17.0 Å². The number of halogens is 3. The molecule has 2 aliphatic heterocycles. The number of carbonyl (C=O) groups is 1. The van der Waals surface area contributed by atoms with Crippen molar-refractivity contribution in [1.82, 2.24) is 34.8 Å². The van der Waals surface area contributed by atoms with E-state index in [1.165, 1.54) is 17.2 Å². The van der Waals surface area contributed by atoms with Gasteiger partial charge in [0, 0.05) is 30.7 Å². The predicted octanol–water partition coefficient (Wildman–Crippen LogP) is 2.88. The minimum Gasteiger partial charge on any atom is -0.349 e. The Morgan fingerprint density at radius 2 is 1.85 bits per heavy atom. The van der Waals surface area contributed by atoms with E-state index in [-0.39, 0.29) is 35.6 Å². The molecule has 33 heavy (non-hydrogen) atoms. The quantitative estimate of drug-likeness (QED) is 0.642. The number of hydrogen-bond donors (Lipinski definition) is 1. The number of nitrogens with zero attached hydrogens (tertiary/aromatic N) is 7. The number of amides is 1. The Bertz CT molecular complexity index is 1150. The van der Waals surface area contributed by atoms with Gasteiger partial charge < -0.3 is 10.2 Å². The summed E-state index contributed by atoms with van der Waals surface area (Å²) in [5.74, 6) is 0.158. The first-order chi connectivity index (χ1) is 15.8. The second kappa shape index (κ2) is 8.09. The van der Waals surface area contributed by atoms with Crippen molar-refractivity contribution in [1.29, 1.82) is 0 Å². The number of aryl methyl sites for hydroxylation is 1. The van der Waals surface area contributed by atoms with Gasteiger partial charge in [-0.25, -0.2) is 15.0 Å². The third kappa shape index (κ3) is 4.12. The third-order valence-corrected chi connectivity index (χ3v) is 6.18. The molecule has 0 unspecified atom stereocenters. The predicted molar refractivity (Wildman–Crippen MR) is 111 cm³/mol. The maximum Gasteiger partial charge on any atom is 0.419 e. The van der Waals surface area contributed by atoms with Gasteiger partial charge in [-0.3, -0.25) is 4.79 Å². The lowest BCUT2D eigenvalue weighted by atomic mass is 9.76. The first-order valence-corrected chi connectivity index (χ1v) is 10.6. The molecular formula is C21H21F3N8O. The van der Waals surface area contributed by atoms with Crippen LogP contribution in [0.3, 0.4) is 0 Å². The number of rotatable bonds is 4. The van der Waals surface area contributed by atoms with Crippen LogP contribution in [0, 0.1) is 12.8 Å². The zero-order chi connectivity index (χ0) is 23.2. The second-order valence-electron chi connectivity index (χ2n) is 8.39. The lowest BCUT2D eigenvalue weighted by molar-refractivity contribution is -0.138. The zero-order valence-electron chi connectivity index (χ0n) is 17.7. The highest BCUT2D eigenvalue weighted by atomic mass is 19.4. The topological polar surface area (TPSA) is 102 Å². The van der Waals surface area contributed by atoms with E-state index in [9.17, 15) is 18.0 Å². The van der Waals surface area contributed by atoms with Crippen LogP contribution in [0.15, 0.2) is 36.9 Å². The Balaban J connectivity index is 1.39. The molecule has 0 radical (unpaired) electrons. The molecule has 0 spiro atoms. The Morgan fingerprint density at radius 1 is 1.12 bits per heavy atom. The monoisotopic (exact) mass is 458 g/mol. The summed E-state index contributed by atoms with van der Waals surface area (Å²) in [5.41, 5.74) is 0.556. The highest BCUT2D eigenvalue weighted by Gasteiger charge is 2.44. The first kappa shape index (κ1) is 21.3. The Kier molecular flexibility index (Phi) is 5.22. The van der Waals surface area contributed by atoms with Gasteiger partial charge in [-0.1, -0.05) is 0 Å². The molecular weight excluding hydrogens is 437 g/mol. The molecule has 1 saturated carbocycles. The Labute approximate surface area is 187 Å². The largest absolute Gasteiger partial charge is 0.419 e. The van der Waals surface area contributed by atoms with Crippen LogP contribution in [-0.4, -0.2) is 59.4 Å². The molecule has 9 nitrogen and oxygen atoms in total. The molecule has 3 aromatic heterocycles. The molecule has 0 aromatic carbocycles. The summed E-state index contributed by atoms with van der Waals surface area (Å²) in [4.78, 5) is 28.9. The van der Waals surface area contributed by atoms with E-state index >= 15 is 0 Å². The molecule has 3 atom stereocenters. The van der Waals surface area contributed by atoms with E-state index < -0.39 is 11.7 Å². The molecule has 1 aliphatic carbocycles. The van der Waals surface area contributed by atoms with E-state index in [0.29, 0.717) is 17.9 Å². The van der Waals surface area contributed by atoms with Crippen LogP contribution >= 0.6 is 0 Å². The van der Waals surface area contributed by atoms with Crippen LogP contribution in [0.5, 0.6) is 0 Å². The Hall–Kier alpha value is -3.57. The molecule has 2 bridgehead atoms. The van der Waals surface area contributed by atoms with Crippen LogP contribution in [-0.2, 0) is 6.18 Å². The van der Waals surface area contributed by atoms with Gasteiger partial charge in [0.15, 0.2) is 5.69 Å². The second-order valence-corrected chi connectivity index (χ2v) is 8.39. The maximum atomic E-state index is 13.6. The normalized spacial score (nSPS) is 22.4. The standard InChI is InChI=1S/C21H21F3N8O/c1-12-2-4-17(32-27-6-7-28-32)18(29-12)19(33)31-11-13-3-5-16(31)15(8-13)30-20-25-9-14(10-26-20)21(22,23)24/h2,4,6-7,9-10,13,15-16H,3,5,8,11H2,1H3,(H,25,26,30)/t13-,15+,16-/m0/s1. The van der Waals surface area contributed by atoms with Gasteiger partial charge in [-0.15, -0.1) is 4.80 Å². The molecule has 3 aromatic rings. The van der Waals surface area contributed by atoms with Crippen molar-refractivity contribution in [2.24, 2.45) is 5.92 Å². The number of piperidine rings is 2. The van der Waals surface area contributed by atoms with E-state index in [1.807, 2.05) is 6.92 Å². The number of hydrogen-bond acceptors (Lipinski definition) is 7. The number of pyridine rings is 1. The highest BCUT2D eigenvalue weighted by molar-refractivity contribution is 5.96. The summed E-state index contributed by atoms with van der Waals surface area (Å²) in [5, 5.41) is 11.4. The van der Waals surface area contributed by atoms with E-state index in [4.69, 9.17) is 0 Å². The van der Waals surface area contributed by atoms with Crippen LogP contribution < -0.4 is 5.32 Å². The average Bonchev–Trinajstić information content (AvgIpc) is 3.33. The fourth-order valence-electron chi connectivity index (χ4n) is 4.64. The molecule has 5 heterocycles. The number of alkyl halides is 3. The zero-order valence-corrected chi connectivity index (χ0v) is 17.7. The molecule has 1 N–H and O–H groups in total. The smallest absolute Gasteiger partial charge is 0.349 e. The molecule has 3 aliphatic rings. The van der Waals surface area contributed by atoms with Crippen LogP contribution in [0.2, 0.25) is 0 Å². The number of carbonyl (C=O) groups excluding carboxylic acids is 1. The minimum atomic E-state index is -4.49. The van der Waals surface area contributed by atoms with Crippen molar-refractivity contribution < 1.29 is 18.0 Å². The van der Waals surface area contributed by atoms with Crippen LogP contribution in [0.25, 0.3) is 5.69 Å². The van der Waals surface area contributed by atoms with Gasteiger partial charge in [-0.2, -0.15) is 23.4 Å². The van der Waals surface area contributed by atoms with Crippen molar-refractivity contribution in [3.8, 4) is 5.69 Å². The summed E-state index contributed by atoms with van der Waals surface area (Å²) >= 11 is 0. The van der Waals surface area contributed by atoms with Crippen molar-refractivity contribution in [3.05, 3.63) is 53.9 Å². The summed E-state index contributed by atoms with van der Waals surface area (Å²) < 4.78 is 38.4. The fraction of sp³-hybridized carbons (Fsp3) is 0.429. The van der Waals surface area contributed by atoms with E-state index in [2.05, 4.69) is 30.5 Å². The Morgan fingerprint density at radius 3 is 2.52 bits per heavy atom. The van der Waals surface area contributed by atoms with Crippen molar-refractivity contribution in [2.45, 2.75) is 44.4 Å². The molecule has 6 rings (SSSR count). The number of aromatic nitrogens is 6. The van der Waals surface area contributed by atoms with Crippen LogP contribution in [0.1, 0.15) is 41.0 Å². The van der Waals surface area contributed by atoms with Gasteiger partial charge in [0.05, 0.1) is 24.0 Å². The lowest BCUT2D eigenvalue weighted by Crippen LogP contribution is -2.60. The lowest BCUT2D eigenvalue weighted by Gasteiger charge is -2.50. The summed E-state index contributed by atoms with van der Waals surface area (Å²) in [6, 6.07) is 3.23. The van der Waals surface area contributed by atoms with Crippen molar-refractivity contribution in [2.75, 3.05) is 11.9 Å². The van der Waals surface area contributed by atoms with Crippen molar-refractivity contribution >= 4 is 11.9 Å². The number of nitrogens with one attached hydrogen (secondary N) is 1. The maximum absolute atomic E-state index is 13.6. The SMILES string of the molecule is Cc1ccc(-n2nccn2)c(C(=O)N2C[C@H]3CC[C@H]2[C@H](Nc2ncc(C(F)(F)F)cn2)C3)n1.